The minimum atomic E-state index is -0.308. The fraction of sp³-hybridized carbons (Fsp3) is 0.235. The first kappa shape index (κ1) is 15.1. The first-order chi connectivity index (χ1) is 10.1. The highest BCUT2D eigenvalue weighted by atomic mass is 16.3. The standard InChI is InChI=1S/C17H20N2O2/c1-12-9-14(7-8-16(12)18)17(21)19-15(11-20)10-13-5-3-2-4-6-13/h2-9,15,20H,10-11,18H2,1H3,(H,19,21). The van der Waals surface area contributed by atoms with E-state index in [2.05, 4.69) is 5.32 Å². The van der Waals surface area contributed by atoms with Crippen LogP contribution in [0.2, 0.25) is 0 Å². The summed E-state index contributed by atoms with van der Waals surface area (Å²) in [6, 6.07) is 14.6. The van der Waals surface area contributed by atoms with Gasteiger partial charge in [0.15, 0.2) is 0 Å². The zero-order valence-corrected chi connectivity index (χ0v) is 12.0. The van der Waals surface area contributed by atoms with Crippen LogP contribution in [-0.2, 0) is 6.42 Å². The Kier molecular flexibility index (Phi) is 4.95. The van der Waals surface area contributed by atoms with E-state index in [1.807, 2.05) is 37.3 Å². The van der Waals surface area contributed by atoms with Crippen molar-refractivity contribution in [2.45, 2.75) is 19.4 Å². The van der Waals surface area contributed by atoms with Crippen molar-refractivity contribution in [1.29, 1.82) is 0 Å². The fourth-order valence-electron chi connectivity index (χ4n) is 2.15. The lowest BCUT2D eigenvalue weighted by atomic mass is 10.1. The number of carbonyl (C=O) groups excluding carboxylic acids is 1. The molecule has 0 saturated heterocycles. The number of rotatable bonds is 5. The molecule has 0 aliphatic heterocycles. The molecular weight excluding hydrogens is 264 g/mol. The Morgan fingerprint density at radius 2 is 1.95 bits per heavy atom. The summed E-state index contributed by atoms with van der Waals surface area (Å²) >= 11 is 0. The van der Waals surface area contributed by atoms with Gasteiger partial charge in [0.2, 0.25) is 0 Å². The Balaban J connectivity index is 2.04. The normalized spacial score (nSPS) is 11.9. The number of aliphatic hydroxyl groups excluding tert-OH is 1. The number of nitrogens with one attached hydrogen (secondary N) is 1. The number of carbonyl (C=O) groups is 1. The lowest BCUT2D eigenvalue weighted by Gasteiger charge is -2.17. The molecule has 0 spiro atoms. The molecule has 0 heterocycles. The third-order valence-corrected chi connectivity index (χ3v) is 3.41. The van der Waals surface area contributed by atoms with E-state index < -0.39 is 0 Å². The smallest absolute Gasteiger partial charge is 0.251 e. The van der Waals surface area contributed by atoms with Crippen molar-refractivity contribution >= 4 is 11.6 Å². The van der Waals surface area contributed by atoms with Crippen molar-refractivity contribution in [3.8, 4) is 0 Å². The average molecular weight is 284 g/mol. The number of amides is 1. The molecule has 4 nitrogen and oxygen atoms in total. The molecule has 1 unspecified atom stereocenters. The van der Waals surface area contributed by atoms with Gasteiger partial charge in [-0.2, -0.15) is 0 Å². The molecule has 2 aromatic carbocycles. The first-order valence-electron chi connectivity index (χ1n) is 6.92. The third kappa shape index (κ3) is 4.07. The van der Waals surface area contributed by atoms with Gasteiger partial charge in [-0.3, -0.25) is 4.79 Å². The monoisotopic (exact) mass is 284 g/mol. The van der Waals surface area contributed by atoms with Gasteiger partial charge in [-0.05, 0) is 42.7 Å². The summed E-state index contributed by atoms with van der Waals surface area (Å²) in [4.78, 5) is 12.2. The Bertz CT molecular complexity index is 611. The second-order valence-electron chi connectivity index (χ2n) is 5.11. The lowest BCUT2D eigenvalue weighted by Crippen LogP contribution is -2.39. The summed E-state index contributed by atoms with van der Waals surface area (Å²) in [6.07, 6.45) is 0.594. The number of nitrogen functional groups attached to an aromatic ring is 1. The predicted octanol–water partition coefficient (Wildman–Crippen LogP) is 1.91. The highest BCUT2D eigenvalue weighted by Crippen LogP contribution is 2.13. The number of nitrogens with two attached hydrogens (primary N) is 1. The second kappa shape index (κ2) is 6.90. The third-order valence-electron chi connectivity index (χ3n) is 3.41. The number of hydrogen-bond acceptors (Lipinski definition) is 3. The van der Waals surface area contributed by atoms with Crippen LogP contribution in [0.25, 0.3) is 0 Å². The maximum absolute atomic E-state index is 12.2. The molecule has 4 N–H and O–H groups in total. The van der Waals surface area contributed by atoms with Gasteiger partial charge in [0.05, 0.1) is 12.6 Å². The number of hydrogen-bond donors (Lipinski definition) is 3. The molecular formula is C17H20N2O2. The summed E-state index contributed by atoms with van der Waals surface area (Å²) < 4.78 is 0. The topological polar surface area (TPSA) is 75.3 Å². The van der Waals surface area contributed by atoms with Gasteiger partial charge in [-0.15, -0.1) is 0 Å². The van der Waals surface area contributed by atoms with Crippen LogP contribution in [0, 0.1) is 6.92 Å². The quantitative estimate of drug-likeness (QED) is 0.734. The van der Waals surface area contributed by atoms with Gasteiger partial charge >= 0.3 is 0 Å². The van der Waals surface area contributed by atoms with Gasteiger partial charge in [0.25, 0.3) is 5.91 Å². The average Bonchev–Trinajstić information content (AvgIpc) is 2.50. The van der Waals surface area contributed by atoms with Gasteiger partial charge in [-0.25, -0.2) is 0 Å². The molecule has 0 saturated carbocycles. The van der Waals surface area contributed by atoms with E-state index in [9.17, 15) is 9.90 Å². The lowest BCUT2D eigenvalue weighted by molar-refractivity contribution is 0.0916. The Morgan fingerprint density at radius 3 is 2.57 bits per heavy atom. The largest absolute Gasteiger partial charge is 0.399 e. The molecule has 1 amide bonds. The van der Waals surface area contributed by atoms with Gasteiger partial charge in [0, 0.05) is 11.3 Å². The van der Waals surface area contributed by atoms with Crippen molar-refractivity contribution in [1.82, 2.24) is 5.32 Å². The fourth-order valence-corrected chi connectivity index (χ4v) is 2.15. The van der Waals surface area contributed by atoms with E-state index in [-0.39, 0.29) is 18.6 Å². The van der Waals surface area contributed by atoms with Crippen LogP contribution in [0.5, 0.6) is 0 Å². The number of aliphatic hydroxyl groups is 1. The molecule has 0 fully saturated rings. The van der Waals surface area contributed by atoms with E-state index in [0.29, 0.717) is 17.7 Å². The summed E-state index contributed by atoms with van der Waals surface area (Å²) in [5, 5.41) is 12.3. The van der Waals surface area contributed by atoms with E-state index in [0.717, 1.165) is 11.1 Å². The number of aryl methyl sites for hydroxylation is 1. The van der Waals surface area contributed by atoms with E-state index >= 15 is 0 Å². The molecule has 4 heteroatoms. The predicted molar refractivity (Wildman–Crippen MR) is 84.1 cm³/mol. The van der Waals surface area contributed by atoms with E-state index in [1.54, 1.807) is 18.2 Å². The van der Waals surface area contributed by atoms with Crippen LogP contribution in [-0.4, -0.2) is 23.7 Å². The molecule has 2 rings (SSSR count). The summed E-state index contributed by atoms with van der Waals surface area (Å²) in [5.74, 6) is -0.201. The van der Waals surface area contributed by atoms with Crippen LogP contribution in [0.3, 0.4) is 0 Å². The Hall–Kier alpha value is -2.33. The second-order valence-corrected chi connectivity index (χ2v) is 5.11. The molecule has 0 aromatic heterocycles. The zero-order chi connectivity index (χ0) is 15.2. The van der Waals surface area contributed by atoms with E-state index in [1.165, 1.54) is 0 Å². The summed E-state index contributed by atoms with van der Waals surface area (Å²) in [5.41, 5.74) is 8.90. The highest BCUT2D eigenvalue weighted by Gasteiger charge is 2.14. The molecule has 1 atom stereocenters. The maximum Gasteiger partial charge on any atom is 0.251 e. The van der Waals surface area contributed by atoms with Crippen molar-refractivity contribution in [3.63, 3.8) is 0 Å². The van der Waals surface area contributed by atoms with Crippen LogP contribution >= 0.6 is 0 Å². The van der Waals surface area contributed by atoms with E-state index in [4.69, 9.17) is 5.73 Å². The Labute approximate surface area is 124 Å². The van der Waals surface area contributed by atoms with Crippen molar-refractivity contribution in [3.05, 3.63) is 65.2 Å². The van der Waals surface area contributed by atoms with Crippen LogP contribution < -0.4 is 11.1 Å². The minimum Gasteiger partial charge on any atom is -0.399 e. The molecule has 2 aromatic rings. The van der Waals surface area contributed by atoms with Gasteiger partial charge in [0.1, 0.15) is 0 Å². The summed E-state index contributed by atoms with van der Waals surface area (Å²) in [7, 11) is 0. The molecule has 0 aliphatic rings. The Morgan fingerprint density at radius 1 is 1.24 bits per heavy atom. The van der Waals surface area contributed by atoms with Gasteiger partial charge < -0.3 is 16.2 Å². The maximum atomic E-state index is 12.2. The van der Waals surface area contributed by atoms with Crippen LogP contribution in [0.15, 0.2) is 48.5 Å². The molecule has 110 valence electrons. The number of benzene rings is 2. The zero-order valence-electron chi connectivity index (χ0n) is 12.0. The highest BCUT2D eigenvalue weighted by molar-refractivity contribution is 5.95. The van der Waals surface area contributed by atoms with Gasteiger partial charge in [-0.1, -0.05) is 30.3 Å². The summed E-state index contributed by atoms with van der Waals surface area (Å²) in [6.45, 7) is 1.76. The number of anilines is 1. The SMILES string of the molecule is Cc1cc(C(=O)NC(CO)Cc2ccccc2)ccc1N. The molecule has 0 bridgehead atoms. The first-order valence-corrected chi connectivity index (χ1v) is 6.92. The minimum absolute atomic E-state index is 0.103. The molecule has 0 aliphatic carbocycles. The van der Waals surface area contributed by atoms with Crippen molar-refractivity contribution < 1.29 is 9.90 Å². The van der Waals surface area contributed by atoms with Crippen LogP contribution in [0.4, 0.5) is 5.69 Å². The molecule has 0 radical (unpaired) electrons. The molecule has 21 heavy (non-hydrogen) atoms. The van der Waals surface area contributed by atoms with Crippen molar-refractivity contribution in [2.24, 2.45) is 0 Å². The van der Waals surface area contributed by atoms with Crippen LogP contribution in [0.1, 0.15) is 21.5 Å². The van der Waals surface area contributed by atoms with Crippen molar-refractivity contribution in [2.75, 3.05) is 12.3 Å².